The lowest BCUT2D eigenvalue weighted by Crippen LogP contribution is -1.93. The molecule has 0 bridgehead atoms. The largest absolute Gasteiger partial charge is 0.495 e. The second-order valence-corrected chi connectivity index (χ2v) is 3.58. The lowest BCUT2D eigenvalue weighted by molar-refractivity contribution is 0.417. The zero-order chi connectivity index (χ0) is 12.4. The number of halogens is 2. The Labute approximate surface area is 97.6 Å². The molecule has 0 unspecified atom stereocenters. The molecule has 0 aromatic heterocycles. The van der Waals surface area contributed by atoms with E-state index < -0.39 is 11.6 Å². The fourth-order valence-corrected chi connectivity index (χ4v) is 1.60. The summed E-state index contributed by atoms with van der Waals surface area (Å²) in [6, 6.07) is 8.10. The van der Waals surface area contributed by atoms with Crippen molar-refractivity contribution in [3.8, 4) is 16.9 Å². The van der Waals surface area contributed by atoms with Crippen molar-refractivity contribution in [2.45, 2.75) is 0 Å². The maximum absolute atomic E-state index is 13.6. The van der Waals surface area contributed by atoms with Crippen molar-refractivity contribution in [1.29, 1.82) is 0 Å². The Hall–Kier alpha value is -2.10. The topological polar surface area (TPSA) is 35.2 Å². The van der Waals surface area contributed by atoms with Gasteiger partial charge in [0.25, 0.3) is 0 Å². The predicted molar refractivity (Wildman–Crippen MR) is 62.8 cm³/mol. The molecule has 0 amide bonds. The van der Waals surface area contributed by atoms with Gasteiger partial charge in [-0.3, -0.25) is 0 Å². The smallest absolute Gasteiger partial charge is 0.142 e. The Kier molecular flexibility index (Phi) is 2.95. The monoisotopic (exact) mass is 235 g/mol. The molecule has 0 saturated heterocycles. The summed E-state index contributed by atoms with van der Waals surface area (Å²) in [4.78, 5) is 0. The van der Waals surface area contributed by atoms with Gasteiger partial charge in [-0.05, 0) is 35.9 Å². The number of nitrogen functional groups attached to an aromatic ring is 1. The van der Waals surface area contributed by atoms with E-state index in [4.69, 9.17) is 10.5 Å². The maximum Gasteiger partial charge on any atom is 0.142 e. The number of nitrogens with two attached hydrogens (primary N) is 1. The van der Waals surface area contributed by atoms with Gasteiger partial charge in [0.05, 0.1) is 12.8 Å². The van der Waals surface area contributed by atoms with Crippen LogP contribution in [0.2, 0.25) is 0 Å². The number of methoxy groups -OCH3 is 1. The highest BCUT2D eigenvalue weighted by atomic mass is 19.1. The zero-order valence-electron chi connectivity index (χ0n) is 9.21. The lowest BCUT2D eigenvalue weighted by Gasteiger charge is -2.08. The summed E-state index contributed by atoms with van der Waals surface area (Å²) >= 11 is 0. The van der Waals surface area contributed by atoms with Crippen LogP contribution in [0.1, 0.15) is 0 Å². The Morgan fingerprint density at radius 2 is 1.82 bits per heavy atom. The predicted octanol–water partition coefficient (Wildman–Crippen LogP) is 3.22. The summed E-state index contributed by atoms with van der Waals surface area (Å²) in [6.45, 7) is 0. The molecule has 2 rings (SSSR count). The van der Waals surface area contributed by atoms with E-state index in [1.165, 1.54) is 7.11 Å². The highest BCUT2D eigenvalue weighted by Gasteiger charge is 2.09. The van der Waals surface area contributed by atoms with E-state index in [1.807, 2.05) is 0 Å². The van der Waals surface area contributed by atoms with E-state index in [0.717, 1.165) is 18.2 Å². The first-order valence-corrected chi connectivity index (χ1v) is 5.01. The Balaban J connectivity index is 2.56. The van der Waals surface area contributed by atoms with E-state index in [2.05, 4.69) is 0 Å². The van der Waals surface area contributed by atoms with E-state index in [9.17, 15) is 8.78 Å². The van der Waals surface area contributed by atoms with Crippen LogP contribution in [-0.4, -0.2) is 7.11 Å². The number of hydrogen-bond donors (Lipinski definition) is 1. The second kappa shape index (κ2) is 4.41. The SMILES string of the molecule is COc1cc(-c2cc(F)ccc2F)ccc1N. The van der Waals surface area contributed by atoms with Crippen LogP contribution in [0.4, 0.5) is 14.5 Å². The molecule has 4 heteroatoms. The van der Waals surface area contributed by atoms with Gasteiger partial charge in [-0.1, -0.05) is 6.07 Å². The average Bonchev–Trinajstić information content (AvgIpc) is 2.33. The van der Waals surface area contributed by atoms with Gasteiger partial charge >= 0.3 is 0 Å². The van der Waals surface area contributed by atoms with Crippen LogP contribution in [0.3, 0.4) is 0 Å². The van der Waals surface area contributed by atoms with Crippen molar-refractivity contribution < 1.29 is 13.5 Å². The fraction of sp³-hybridized carbons (Fsp3) is 0.0769. The van der Waals surface area contributed by atoms with Crippen LogP contribution in [0.5, 0.6) is 5.75 Å². The van der Waals surface area contributed by atoms with Crippen LogP contribution < -0.4 is 10.5 Å². The van der Waals surface area contributed by atoms with E-state index in [-0.39, 0.29) is 5.56 Å². The fourth-order valence-electron chi connectivity index (χ4n) is 1.60. The van der Waals surface area contributed by atoms with Gasteiger partial charge < -0.3 is 10.5 Å². The van der Waals surface area contributed by atoms with E-state index in [0.29, 0.717) is 17.0 Å². The Morgan fingerprint density at radius 1 is 1.06 bits per heavy atom. The average molecular weight is 235 g/mol. The summed E-state index contributed by atoms with van der Waals surface area (Å²) in [6.07, 6.45) is 0. The number of benzene rings is 2. The number of rotatable bonds is 2. The molecule has 0 spiro atoms. The van der Waals surface area contributed by atoms with Crippen molar-refractivity contribution in [3.63, 3.8) is 0 Å². The summed E-state index contributed by atoms with van der Waals surface area (Å²) in [5.41, 5.74) is 6.81. The minimum absolute atomic E-state index is 0.184. The minimum atomic E-state index is -0.489. The molecular weight excluding hydrogens is 224 g/mol. The first-order valence-electron chi connectivity index (χ1n) is 5.01. The Morgan fingerprint density at radius 3 is 2.53 bits per heavy atom. The normalized spacial score (nSPS) is 10.3. The number of anilines is 1. The van der Waals surface area contributed by atoms with Crippen LogP contribution in [0.25, 0.3) is 11.1 Å². The summed E-state index contributed by atoms with van der Waals surface area (Å²) in [5.74, 6) is -0.540. The zero-order valence-corrected chi connectivity index (χ0v) is 9.21. The van der Waals surface area contributed by atoms with Gasteiger partial charge in [0.15, 0.2) is 0 Å². The highest BCUT2D eigenvalue weighted by Crippen LogP contribution is 2.30. The molecule has 88 valence electrons. The van der Waals surface area contributed by atoms with Crippen molar-refractivity contribution >= 4 is 5.69 Å². The van der Waals surface area contributed by atoms with Gasteiger partial charge in [-0.15, -0.1) is 0 Å². The molecule has 0 heterocycles. The summed E-state index contributed by atoms with van der Waals surface area (Å²) in [5, 5.41) is 0. The van der Waals surface area contributed by atoms with Gasteiger partial charge in [-0.25, -0.2) is 8.78 Å². The lowest BCUT2D eigenvalue weighted by atomic mass is 10.0. The third kappa shape index (κ3) is 2.20. The summed E-state index contributed by atoms with van der Waals surface area (Å²) in [7, 11) is 1.47. The first kappa shape index (κ1) is 11.4. The van der Waals surface area contributed by atoms with Crippen molar-refractivity contribution in [1.82, 2.24) is 0 Å². The quantitative estimate of drug-likeness (QED) is 0.811. The van der Waals surface area contributed by atoms with Crippen molar-refractivity contribution in [3.05, 3.63) is 48.0 Å². The minimum Gasteiger partial charge on any atom is -0.495 e. The van der Waals surface area contributed by atoms with Crippen LogP contribution in [0.15, 0.2) is 36.4 Å². The molecule has 0 fully saturated rings. The molecule has 0 atom stereocenters. The van der Waals surface area contributed by atoms with Crippen LogP contribution >= 0.6 is 0 Å². The van der Waals surface area contributed by atoms with Crippen molar-refractivity contribution in [2.24, 2.45) is 0 Å². The number of ether oxygens (including phenoxy) is 1. The molecule has 2 N–H and O–H groups in total. The van der Waals surface area contributed by atoms with Gasteiger partial charge in [-0.2, -0.15) is 0 Å². The van der Waals surface area contributed by atoms with E-state index in [1.54, 1.807) is 18.2 Å². The molecule has 17 heavy (non-hydrogen) atoms. The third-order valence-electron chi connectivity index (χ3n) is 2.47. The first-order chi connectivity index (χ1) is 8.11. The Bertz CT molecular complexity index is 555. The van der Waals surface area contributed by atoms with E-state index >= 15 is 0 Å². The molecule has 0 saturated carbocycles. The molecule has 0 aliphatic rings. The van der Waals surface area contributed by atoms with Crippen LogP contribution in [-0.2, 0) is 0 Å². The highest BCUT2D eigenvalue weighted by molar-refractivity contribution is 5.70. The molecule has 2 nitrogen and oxygen atoms in total. The van der Waals surface area contributed by atoms with Gasteiger partial charge in [0, 0.05) is 5.56 Å². The third-order valence-corrected chi connectivity index (χ3v) is 2.47. The number of hydrogen-bond acceptors (Lipinski definition) is 2. The molecule has 0 radical (unpaired) electrons. The second-order valence-electron chi connectivity index (χ2n) is 3.58. The van der Waals surface area contributed by atoms with Gasteiger partial charge in [0.1, 0.15) is 17.4 Å². The van der Waals surface area contributed by atoms with Gasteiger partial charge in [0.2, 0.25) is 0 Å². The maximum atomic E-state index is 13.6. The van der Waals surface area contributed by atoms with Crippen molar-refractivity contribution in [2.75, 3.05) is 12.8 Å². The molecule has 0 aliphatic heterocycles. The molecule has 2 aromatic carbocycles. The molecule has 2 aromatic rings. The summed E-state index contributed by atoms with van der Waals surface area (Å²) < 4.78 is 31.7. The molecule has 0 aliphatic carbocycles. The molecular formula is C13H11F2NO. The van der Waals surface area contributed by atoms with Crippen LogP contribution in [0, 0.1) is 11.6 Å². The standard InChI is InChI=1S/C13H11F2NO/c1-17-13-6-8(2-5-12(13)16)10-7-9(14)3-4-11(10)15/h2-7H,16H2,1H3.